The number of rotatable bonds is 4. The van der Waals surface area contributed by atoms with Gasteiger partial charge in [-0.3, -0.25) is 4.98 Å². The molecule has 102 valence electrons. The molecule has 0 saturated carbocycles. The number of hydrogen-bond donors (Lipinski definition) is 2. The summed E-state index contributed by atoms with van der Waals surface area (Å²) in [5.41, 5.74) is 9.08. The van der Waals surface area contributed by atoms with Crippen molar-refractivity contribution in [2.24, 2.45) is 0 Å². The molecule has 1 aromatic carbocycles. The molecule has 3 N–H and O–H groups in total. The van der Waals surface area contributed by atoms with E-state index in [1.165, 1.54) is 0 Å². The maximum Gasteiger partial charge on any atom is 0.0426 e. The second-order valence-corrected chi connectivity index (χ2v) is 5.47. The average molecular weight is 257 g/mol. The van der Waals surface area contributed by atoms with E-state index in [4.69, 9.17) is 5.73 Å². The predicted molar refractivity (Wildman–Crippen MR) is 83.5 cm³/mol. The number of aromatic nitrogens is 1. The lowest BCUT2D eigenvalue weighted by atomic mass is 9.94. The van der Waals surface area contributed by atoms with Crippen molar-refractivity contribution in [2.45, 2.75) is 46.1 Å². The van der Waals surface area contributed by atoms with Crippen molar-refractivity contribution in [1.29, 1.82) is 0 Å². The first-order chi connectivity index (χ1) is 8.99. The molecule has 0 atom stereocenters. The van der Waals surface area contributed by atoms with Crippen LogP contribution in [0.2, 0.25) is 0 Å². The summed E-state index contributed by atoms with van der Waals surface area (Å²) in [5.74, 6) is 0. The molecule has 1 heterocycles. The quantitative estimate of drug-likeness (QED) is 0.810. The van der Waals surface area contributed by atoms with E-state index in [9.17, 15) is 0 Å². The Kier molecular flexibility index (Phi) is 3.65. The summed E-state index contributed by atoms with van der Waals surface area (Å²) in [4.78, 5) is 4.34. The van der Waals surface area contributed by atoms with Crippen LogP contribution in [0.1, 0.15) is 39.3 Å². The van der Waals surface area contributed by atoms with Gasteiger partial charge in [0.25, 0.3) is 0 Å². The van der Waals surface area contributed by atoms with Crippen LogP contribution in [0.5, 0.6) is 0 Å². The maximum atomic E-state index is 6.04. The number of benzene rings is 1. The van der Waals surface area contributed by atoms with Crippen molar-refractivity contribution < 1.29 is 0 Å². The average Bonchev–Trinajstić information content (AvgIpc) is 2.42. The monoisotopic (exact) mass is 257 g/mol. The van der Waals surface area contributed by atoms with Crippen molar-refractivity contribution >= 4 is 22.1 Å². The number of fused-ring (bicyclic) bond motifs is 1. The molecule has 3 nitrogen and oxygen atoms in total. The predicted octanol–water partition coefficient (Wildman–Crippen LogP) is 4.12. The molecule has 0 fully saturated rings. The number of aryl methyl sites for hydroxylation is 1. The van der Waals surface area contributed by atoms with Gasteiger partial charge in [0.05, 0.1) is 0 Å². The van der Waals surface area contributed by atoms with Crippen molar-refractivity contribution in [3.05, 3.63) is 30.1 Å². The Morgan fingerprint density at radius 2 is 1.89 bits per heavy atom. The number of hydrogen-bond acceptors (Lipinski definition) is 3. The van der Waals surface area contributed by atoms with Crippen molar-refractivity contribution in [3.8, 4) is 0 Å². The van der Waals surface area contributed by atoms with Crippen molar-refractivity contribution in [2.75, 3.05) is 11.1 Å². The number of pyridine rings is 1. The highest BCUT2D eigenvalue weighted by Gasteiger charge is 2.20. The van der Waals surface area contributed by atoms with Crippen molar-refractivity contribution in [3.63, 3.8) is 0 Å². The zero-order valence-electron chi connectivity index (χ0n) is 12.2. The van der Waals surface area contributed by atoms with Gasteiger partial charge in [-0.05, 0) is 44.9 Å². The molecule has 0 aliphatic rings. The van der Waals surface area contributed by atoms with Gasteiger partial charge in [-0.1, -0.05) is 13.8 Å². The van der Waals surface area contributed by atoms with Crippen LogP contribution in [-0.2, 0) is 0 Å². The fraction of sp³-hybridized carbons (Fsp3) is 0.438. The van der Waals surface area contributed by atoms with Crippen LogP contribution in [-0.4, -0.2) is 10.5 Å². The Labute approximate surface area is 115 Å². The Morgan fingerprint density at radius 1 is 1.21 bits per heavy atom. The van der Waals surface area contributed by atoms with Crippen LogP contribution in [0.3, 0.4) is 0 Å². The Balaban J connectivity index is 2.55. The van der Waals surface area contributed by atoms with Crippen LogP contribution in [0, 0.1) is 6.92 Å². The van der Waals surface area contributed by atoms with Gasteiger partial charge < -0.3 is 11.1 Å². The first-order valence-electron chi connectivity index (χ1n) is 6.92. The van der Waals surface area contributed by atoms with Crippen molar-refractivity contribution in [1.82, 2.24) is 4.98 Å². The molecule has 0 amide bonds. The van der Waals surface area contributed by atoms with Gasteiger partial charge in [-0.15, -0.1) is 0 Å². The van der Waals surface area contributed by atoms with Gasteiger partial charge >= 0.3 is 0 Å². The molecule has 0 radical (unpaired) electrons. The lowest BCUT2D eigenvalue weighted by Gasteiger charge is -2.30. The lowest BCUT2D eigenvalue weighted by Crippen LogP contribution is -2.33. The summed E-state index contributed by atoms with van der Waals surface area (Å²) in [7, 11) is 0. The Bertz CT molecular complexity index is 586. The highest BCUT2D eigenvalue weighted by molar-refractivity contribution is 6.01. The minimum atomic E-state index is 0.111. The summed E-state index contributed by atoms with van der Waals surface area (Å²) < 4.78 is 0. The molecular formula is C16H23N3. The summed E-state index contributed by atoms with van der Waals surface area (Å²) >= 11 is 0. The second kappa shape index (κ2) is 5.08. The zero-order chi connectivity index (χ0) is 14.0. The smallest absolute Gasteiger partial charge is 0.0426 e. The normalized spacial score (nSPS) is 11.8. The van der Waals surface area contributed by atoms with Gasteiger partial charge in [0.2, 0.25) is 0 Å². The maximum absolute atomic E-state index is 6.04. The fourth-order valence-electron chi connectivity index (χ4n) is 2.23. The van der Waals surface area contributed by atoms with Crippen LogP contribution >= 0.6 is 0 Å². The Morgan fingerprint density at radius 3 is 2.53 bits per heavy atom. The zero-order valence-corrected chi connectivity index (χ0v) is 12.2. The summed E-state index contributed by atoms with van der Waals surface area (Å²) in [6.45, 7) is 8.68. The van der Waals surface area contributed by atoms with Crippen LogP contribution in [0.25, 0.3) is 10.8 Å². The van der Waals surface area contributed by atoms with Crippen LogP contribution < -0.4 is 11.1 Å². The fourth-order valence-corrected chi connectivity index (χ4v) is 2.23. The van der Waals surface area contributed by atoms with E-state index in [0.717, 1.165) is 40.7 Å². The summed E-state index contributed by atoms with van der Waals surface area (Å²) in [5, 5.41) is 5.84. The van der Waals surface area contributed by atoms with E-state index in [0.29, 0.717) is 0 Å². The molecule has 1 aromatic heterocycles. The van der Waals surface area contributed by atoms with Crippen LogP contribution in [0.4, 0.5) is 11.4 Å². The minimum Gasteiger partial charge on any atom is -0.398 e. The summed E-state index contributed by atoms with van der Waals surface area (Å²) in [6.07, 6.45) is 4.03. The summed E-state index contributed by atoms with van der Waals surface area (Å²) in [6, 6.07) is 6.12. The first-order valence-corrected chi connectivity index (χ1v) is 6.92. The highest BCUT2D eigenvalue weighted by Crippen LogP contribution is 2.31. The standard InChI is InChI=1S/C16H23N3/c1-5-16(4,6-2)19-15-8-7-14(17)13-10-18-11(3)9-12(13)15/h7-10,19H,5-6,17H2,1-4H3. The van der Waals surface area contributed by atoms with Gasteiger partial charge in [0.15, 0.2) is 0 Å². The van der Waals surface area contributed by atoms with E-state index >= 15 is 0 Å². The number of anilines is 2. The second-order valence-electron chi connectivity index (χ2n) is 5.47. The third-order valence-corrected chi connectivity index (χ3v) is 4.07. The molecule has 0 aliphatic heterocycles. The lowest BCUT2D eigenvalue weighted by molar-refractivity contribution is 0.479. The molecule has 3 heteroatoms. The molecule has 0 saturated heterocycles. The first kappa shape index (κ1) is 13.7. The van der Waals surface area contributed by atoms with Crippen LogP contribution in [0.15, 0.2) is 24.4 Å². The number of nitrogens with one attached hydrogen (secondary N) is 1. The van der Waals surface area contributed by atoms with Gasteiger partial charge in [-0.25, -0.2) is 0 Å². The van der Waals surface area contributed by atoms with E-state index in [1.54, 1.807) is 0 Å². The molecule has 0 unspecified atom stereocenters. The van der Waals surface area contributed by atoms with E-state index in [-0.39, 0.29) is 5.54 Å². The molecule has 2 rings (SSSR count). The van der Waals surface area contributed by atoms with E-state index in [1.807, 2.05) is 19.2 Å². The molecule has 2 aromatic rings. The number of nitrogens with zero attached hydrogens (tertiary/aromatic N) is 1. The van der Waals surface area contributed by atoms with Gasteiger partial charge in [-0.2, -0.15) is 0 Å². The third kappa shape index (κ3) is 2.65. The van der Waals surface area contributed by atoms with E-state index in [2.05, 4.69) is 43.2 Å². The van der Waals surface area contributed by atoms with Gasteiger partial charge in [0, 0.05) is 39.6 Å². The number of nitrogen functional groups attached to an aromatic ring is 1. The molecule has 0 spiro atoms. The molecule has 0 aliphatic carbocycles. The third-order valence-electron chi connectivity index (χ3n) is 4.07. The number of nitrogens with two attached hydrogens (primary N) is 1. The highest BCUT2D eigenvalue weighted by atomic mass is 15.0. The molecular weight excluding hydrogens is 234 g/mol. The minimum absolute atomic E-state index is 0.111. The van der Waals surface area contributed by atoms with Gasteiger partial charge in [0.1, 0.15) is 0 Å². The Hall–Kier alpha value is -1.77. The SMILES string of the molecule is CCC(C)(CC)Nc1ccc(N)c2cnc(C)cc12. The topological polar surface area (TPSA) is 50.9 Å². The molecule has 19 heavy (non-hydrogen) atoms. The largest absolute Gasteiger partial charge is 0.398 e. The van der Waals surface area contributed by atoms with E-state index < -0.39 is 0 Å². The molecule has 0 bridgehead atoms.